The fraction of sp³-hybridized carbons (Fsp3) is 0.208. The molecule has 0 aliphatic rings. The molecule has 2 heterocycles. The van der Waals surface area contributed by atoms with Crippen molar-refractivity contribution in [3.8, 4) is 11.1 Å². The number of hydrogen-bond acceptors (Lipinski definition) is 3. The average Bonchev–Trinajstić information content (AvgIpc) is 3.15. The lowest BCUT2D eigenvalue weighted by molar-refractivity contribution is 0.563. The second-order valence-electron chi connectivity index (χ2n) is 7.79. The molecule has 0 unspecified atom stereocenters. The lowest BCUT2D eigenvalue weighted by Crippen LogP contribution is -2.17. The number of aryl methyl sites for hydroxylation is 1. The van der Waals surface area contributed by atoms with Crippen LogP contribution in [0.3, 0.4) is 0 Å². The third-order valence-electron chi connectivity index (χ3n) is 5.29. The third kappa shape index (κ3) is 4.50. The van der Waals surface area contributed by atoms with Crippen molar-refractivity contribution >= 4 is 26.7 Å². The predicted molar refractivity (Wildman–Crippen MR) is 123 cm³/mol. The van der Waals surface area contributed by atoms with Gasteiger partial charge in [-0.15, -0.1) is 0 Å². The molecule has 0 atom stereocenters. The van der Waals surface area contributed by atoms with E-state index in [0.29, 0.717) is 17.6 Å². The van der Waals surface area contributed by atoms with Crippen LogP contribution in [0.2, 0.25) is 0 Å². The van der Waals surface area contributed by atoms with E-state index in [-0.39, 0.29) is 23.4 Å². The van der Waals surface area contributed by atoms with Gasteiger partial charge in [-0.1, -0.05) is 36.8 Å². The molecular weight excluding hydrogens is 432 g/mol. The minimum absolute atomic E-state index is 0.0555. The molecule has 8 heteroatoms. The Morgan fingerprint density at radius 1 is 1.06 bits per heavy atom. The van der Waals surface area contributed by atoms with Gasteiger partial charge in [0.25, 0.3) is 0 Å². The van der Waals surface area contributed by atoms with Crippen LogP contribution in [0.15, 0.2) is 54.9 Å². The molecule has 2 N–H and O–H groups in total. The maximum absolute atomic E-state index is 15.1. The van der Waals surface area contributed by atoms with E-state index in [9.17, 15) is 12.8 Å². The average molecular weight is 456 g/mol. The van der Waals surface area contributed by atoms with E-state index in [4.69, 9.17) is 0 Å². The molecule has 0 saturated carbocycles. The van der Waals surface area contributed by atoms with Crippen molar-refractivity contribution in [1.29, 1.82) is 0 Å². The lowest BCUT2D eigenvalue weighted by Gasteiger charge is -2.12. The minimum atomic E-state index is -3.70. The molecular formula is C24H23F2N3O2S. The summed E-state index contributed by atoms with van der Waals surface area (Å²) in [6, 6.07) is 12.1. The molecule has 0 spiro atoms. The number of aromatic nitrogens is 2. The molecule has 166 valence electrons. The largest absolute Gasteiger partial charge is 0.346 e. The van der Waals surface area contributed by atoms with Crippen LogP contribution >= 0.6 is 0 Å². The van der Waals surface area contributed by atoms with Crippen molar-refractivity contribution < 1.29 is 17.2 Å². The standard InChI is InChI=1S/C24H23F2N3O2S/c1-3-10-32(30,31)29-22-9-8-21(25)20(23(22)26)12-18-14-28-24-19(18)11-17(13-27-24)16-6-4-15(2)5-7-16/h4-9,11,13-14,29H,3,10,12H2,1-2H3,(H,27,28). The molecule has 2 aromatic heterocycles. The molecule has 0 bridgehead atoms. The van der Waals surface area contributed by atoms with E-state index < -0.39 is 21.7 Å². The maximum atomic E-state index is 15.1. The summed E-state index contributed by atoms with van der Waals surface area (Å²) in [6.07, 6.45) is 3.75. The number of sulfonamides is 1. The van der Waals surface area contributed by atoms with Gasteiger partial charge < -0.3 is 4.98 Å². The molecule has 0 radical (unpaired) electrons. The second-order valence-corrected chi connectivity index (χ2v) is 9.63. The molecule has 4 aromatic rings. The van der Waals surface area contributed by atoms with Crippen LogP contribution in [0.1, 0.15) is 30.0 Å². The van der Waals surface area contributed by atoms with Gasteiger partial charge in [-0.2, -0.15) is 0 Å². The first-order valence-electron chi connectivity index (χ1n) is 10.3. The zero-order valence-electron chi connectivity index (χ0n) is 17.7. The van der Waals surface area contributed by atoms with E-state index in [1.165, 1.54) is 0 Å². The van der Waals surface area contributed by atoms with Gasteiger partial charge in [0.1, 0.15) is 11.5 Å². The fourth-order valence-electron chi connectivity index (χ4n) is 3.62. The molecule has 0 aliphatic carbocycles. The van der Waals surface area contributed by atoms with Gasteiger partial charge in [0.2, 0.25) is 10.0 Å². The second kappa shape index (κ2) is 8.70. The Morgan fingerprint density at radius 3 is 2.53 bits per heavy atom. The molecule has 0 aliphatic heterocycles. The summed E-state index contributed by atoms with van der Waals surface area (Å²) in [4.78, 5) is 7.48. The van der Waals surface area contributed by atoms with Gasteiger partial charge in [0.05, 0.1) is 11.4 Å². The highest BCUT2D eigenvalue weighted by atomic mass is 32.2. The summed E-state index contributed by atoms with van der Waals surface area (Å²) < 4.78 is 55.9. The smallest absolute Gasteiger partial charge is 0.232 e. The number of rotatable bonds is 7. The van der Waals surface area contributed by atoms with Crippen molar-refractivity contribution in [3.63, 3.8) is 0 Å². The summed E-state index contributed by atoms with van der Waals surface area (Å²) in [6.45, 7) is 3.72. The van der Waals surface area contributed by atoms with E-state index in [1.807, 2.05) is 37.3 Å². The van der Waals surface area contributed by atoms with Crippen molar-refractivity contribution in [1.82, 2.24) is 9.97 Å². The number of pyridine rings is 1. The zero-order valence-corrected chi connectivity index (χ0v) is 18.6. The van der Waals surface area contributed by atoms with Crippen molar-refractivity contribution in [2.45, 2.75) is 26.7 Å². The number of halogens is 2. The van der Waals surface area contributed by atoms with Gasteiger partial charge in [-0.25, -0.2) is 22.2 Å². The summed E-state index contributed by atoms with van der Waals surface area (Å²) in [5, 5.41) is 0.749. The van der Waals surface area contributed by atoms with E-state index in [0.717, 1.165) is 34.2 Å². The van der Waals surface area contributed by atoms with E-state index in [1.54, 1.807) is 19.3 Å². The SMILES string of the molecule is CCCS(=O)(=O)Nc1ccc(F)c(Cc2c[nH]c3ncc(-c4ccc(C)cc4)cc23)c1F. The Morgan fingerprint density at radius 2 is 1.81 bits per heavy atom. The summed E-state index contributed by atoms with van der Waals surface area (Å²) in [5.41, 5.74) is 3.83. The van der Waals surface area contributed by atoms with Gasteiger partial charge >= 0.3 is 0 Å². The minimum Gasteiger partial charge on any atom is -0.346 e. The molecule has 0 fully saturated rings. The number of fused-ring (bicyclic) bond motifs is 1. The number of aromatic amines is 1. The van der Waals surface area contributed by atoms with Crippen LogP contribution in [0.5, 0.6) is 0 Å². The molecule has 5 nitrogen and oxygen atoms in total. The molecule has 32 heavy (non-hydrogen) atoms. The fourth-order valence-corrected chi connectivity index (χ4v) is 4.76. The maximum Gasteiger partial charge on any atom is 0.232 e. The summed E-state index contributed by atoms with van der Waals surface area (Å²) in [7, 11) is -3.70. The Hall–Kier alpha value is -3.26. The Balaban J connectivity index is 1.71. The van der Waals surface area contributed by atoms with E-state index in [2.05, 4.69) is 14.7 Å². The Labute approximate surface area is 185 Å². The highest BCUT2D eigenvalue weighted by Gasteiger charge is 2.19. The number of anilines is 1. The highest BCUT2D eigenvalue weighted by Crippen LogP contribution is 2.29. The summed E-state index contributed by atoms with van der Waals surface area (Å²) in [5.74, 6) is -1.80. The van der Waals surface area contributed by atoms with Crippen molar-refractivity contribution in [2.75, 3.05) is 10.5 Å². The first-order chi connectivity index (χ1) is 15.3. The van der Waals surface area contributed by atoms with Crippen LogP contribution in [0, 0.1) is 18.6 Å². The molecule has 4 rings (SSSR count). The number of hydrogen-bond donors (Lipinski definition) is 2. The van der Waals surface area contributed by atoms with Crippen LogP contribution in [-0.2, 0) is 16.4 Å². The van der Waals surface area contributed by atoms with Crippen LogP contribution < -0.4 is 4.72 Å². The molecule has 2 aromatic carbocycles. The van der Waals surface area contributed by atoms with Gasteiger partial charge in [-0.05, 0) is 42.7 Å². The van der Waals surface area contributed by atoms with Gasteiger partial charge in [0, 0.05) is 35.3 Å². The predicted octanol–water partition coefficient (Wildman–Crippen LogP) is 5.56. The van der Waals surface area contributed by atoms with Crippen LogP contribution in [0.25, 0.3) is 22.2 Å². The normalized spacial score (nSPS) is 11.8. The first kappa shape index (κ1) is 22.0. The van der Waals surface area contributed by atoms with Gasteiger partial charge in [-0.3, -0.25) is 4.72 Å². The summed E-state index contributed by atoms with van der Waals surface area (Å²) >= 11 is 0. The quantitative estimate of drug-likeness (QED) is 0.383. The van der Waals surface area contributed by atoms with E-state index >= 15 is 4.39 Å². The number of nitrogens with one attached hydrogen (secondary N) is 2. The van der Waals surface area contributed by atoms with Crippen molar-refractivity contribution in [3.05, 3.63) is 83.2 Å². The third-order valence-corrected chi connectivity index (χ3v) is 6.77. The molecule has 0 saturated heterocycles. The molecule has 0 amide bonds. The number of nitrogens with zero attached hydrogens (tertiary/aromatic N) is 1. The topological polar surface area (TPSA) is 74.8 Å². The van der Waals surface area contributed by atoms with Crippen LogP contribution in [-0.4, -0.2) is 24.1 Å². The Bertz CT molecular complexity index is 1380. The monoisotopic (exact) mass is 455 g/mol. The first-order valence-corrected chi connectivity index (χ1v) is 11.9. The Kier molecular flexibility index (Phi) is 5.97. The number of H-pyrrole nitrogens is 1. The van der Waals surface area contributed by atoms with Crippen LogP contribution in [0.4, 0.5) is 14.5 Å². The highest BCUT2D eigenvalue weighted by molar-refractivity contribution is 7.92. The zero-order chi connectivity index (χ0) is 22.9. The van der Waals surface area contributed by atoms with Crippen molar-refractivity contribution in [2.24, 2.45) is 0 Å². The number of benzene rings is 2. The lowest BCUT2D eigenvalue weighted by atomic mass is 10.0. The van der Waals surface area contributed by atoms with Gasteiger partial charge in [0.15, 0.2) is 5.82 Å².